The zero-order valence-electron chi connectivity index (χ0n) is 19.7. The number of carbonyl (C=O) groups excluding carboxylic acids is 2. The molecule has 0 bridgehead atoms. The van der Waals surface area contributed by atoms with Crippen LogP contribution in [0.2, 0.25) is 0 Å². The van der Waals surface area contributed by atoms with Crippen molar-refractivity contribution < 1.29 is 9.59 Å². The van der Waals surface area contributed by atoms with E-state index in [-0.39, 0.29) is 29.8 Å². The Morgan fingerprint density at radius 1 is 0.912 bits per heavy atom. The molecule has 2 amide bonds. The van der Waals surface area contributed by atoms with Crippen molar-refractivity contribution in [2.75, 3.05) is 5.32 Å². The topological polar surface area (TPSA) is 99.2 Å². The molecule has 0 aromatic heterocycles. The van der Waals surface area contributed by atoms with Crippen LogP contribution in [0.1, 0.15) is 79.3 Å². The van der Waals surface area contributed by atoms with Crippen LogP contribution in [0.4, 0.5) is 5.69 Å². The number of hydrogen-bond donors (Lipinski definition) is 2. The van der Waals surface area contributed by atoms with Gasteiger partial charge in [-0.1, -0.05) is 44.2 Å². The van der Waals surface area contributed by atoms with Crippen molar-refractivity contribution in [2.45, 2.75) is 76.4 Å². The Morgan fingerprint density at radius 2 is 1.56 bits per heavy atom. The second-order valence-corrected chi connectivity index (χ2v) is 9.66. The molecule has 2 aliphatic carbocycles. The van der Waals surface area contributed by atoms with Gasteiger partial charge in [-0.05, 0) is 67.6 Å². The predicted octanol–water partition coefficient (Wildman–Crippen LogP) is 4.99. The van der Waals surface area contributed by atoms with Crippen molar-refractivity contribution >= 4 is 17.5 Å². The fraction of sp³-hybridized carbons (Fsp3) is 0.464. The molecule has 0 saturated heterocycles. The first kappa shape index (κ1) is 24.0. The number of hydrogen-bond acceptors (Lipinski definition) is 4. The van der Waals surface area contributed by atoms with E-state index in [1.807, 2.05) is 29.2 Å². The molecule has 2 aliphatic rings. The fourth-order valence-corrected chi connectivity index (χ4v) is 5.22. The second kappa shape index (κ2) is 11.3. The Morgan fingerprint density at radius 3 is 2.21 bits per heavy atom. The van der Waals surface area contributed by atoms with E-state index in [1.54, 1.807) is 24.3 Å². The number of benzene rings is 2. The van der Waals surface area contributed by atoms with Crippen molar-refractivity contribution in [3.63, 3.8) is 0 Å². The zero-order valence-corrected chi connectivity index (χ0v) is 19.7. The summed E-state index contributed by atoms with van der Waals surface area (Å²) in [5, 5.41) is 12.1. The van der Waals surface area contributed by atoms with Crippen molar-refractivity contribution in [2.24, 2.45) is 11.7 Å². The molecule has 2 fully saturated rings. The highest BCUT2D eigenvalue weighted by Gasteiger charge is 2.31. The lowest BCUT2D eigenvalue weighted by Gasteiger charge is -2.38. The van der Waals surface area contributed by atoms with Gasteiger partial charge in [-0.3, -0.25) is 9.59 Å². The van der Waals surface area contributed by atoms with E-state index >= 15 is 0 Å². The van der Waals surface area contributed by atoms with E-state index in [9.17, 15) is 9.59 Å². The van der Waals surface area contributed by atoms with Crippen LogP contribution in [-0.2, 0) is 11.3 Å². The summed E-state index contributed by atoms with van der Waals surface area (Å²) in [5.74, 6) is 0.154. The van der Waals surface area contributed by atoms with Crippen LogP contribution < -0.4 is 11.1 Å². The van der Waals surface area contributed by atoms with Gasteiger partial charge in [0.1, 0.15) is 0 Å². The molecule has 2 atom stereocenters. The van der Waals surface area contributed by atoms with Crippen LogP contribution in [0.15, 0.2) is 48.5 Å². The fourth-order valence-electron chi connectivity index (χ4n) is 5.22. The molecule has 6 nitrogen and oxygen atoms in total. The summed E-state index contributed by atoms with van der Waals surface area (Å²) in [6, 6.07) is 16.6. The van der Waals surface area contributed by atoms with E-state index < -0.39 is 0 Å². The summed E-state index contributed by atoms with van der Waals surface area (Å²) >= 11 is 0. The average molecular weight is 459 g/mol. The van der Waals surface area contributed by atoms with E-state index in [0.29, 0.717) is 17.7 Å². The predicted molar refractivity (Wildman–Crippen MR) is 133 cm³/mol. The lowest BCUT2D eigenvalue weighted by Crippen LogP contribution is -2.51. The molecule has 0 spiro atoms. The molecule has 0 radical (unpaired) electrons. The van der Waals surface area contributed by atoms with Gasteiger partial charge < -0.3 is 16.0 Å². The Kier molecular flexibility index (Phi) is 7.97. The second-order valence-electron chi connectivity index (χ2n) is 9.66. The summed E-state index contributed by atoms with van der Waals surface area (Å²) in [7, 11) is 0. The molecule has 0 heterocycles. The molecular formula is C28H34N4O2. The number of nitriles is 1. The van der Waals surface area contributed by atoms with Crippen LogP contribution in [0.5, 0.6) is 0 Å². The Bertz CT molecular complexity index is 1020. The number of rotatable bonds is 6. The van der Waals surface area contributed by atoms with Crippen LogP contribution >= 0.6 is 0 Å². The van der Waals surface area contributed by atoms with Gasteiger partial charge in [0.05, 0.1) is 11.6 Å². The first-order valence-corrected chi connectivity index (χ1v) is 12.5. The van der Waals surface area contributed by atoms with Crippen LogP contribution in [0.25, 0.3) is 0 Å². The standard InChI is InChI=1S/C28H34N4O2/c29-18-20-10-14-23(15-11-20)28(34)32(26-9-5-4-8-25(26)30)19-21-12-16-24(17-13-21)31-27(33)22-6-2-1-3-7-22/h10-17,22,25-26H,1-9,19,30H2,(H,31,33). The van der Waals surface area contributed by atoms with E-state index in [1.165, 1.54) is 6.42 Å². The molecule has 2 unspecified atom stereocenters. The number of anilines is 1. The minimum atomic E-state index is -0.0680. The minimum absolute atomic E-state index is 0.0254. The largest absolute Gasteiger partial charge is 0.330 e. The van der Waals surface area contributed by atoms with Gasteiger partial charge >= 0.3 is 0 Å². The van der Waals surface area contributed by atoms with Gasteiger partial charge in [0.2, 0.25) is 5.91 Å². The van der Waals surface area contributed by atoms with Crippen molar-refractivity contribution in [1.82, 2.24) is 4.90 Å². The lowest BCUT2D eigenvalue weighted by molar-refractivity contribution is -0.120. The molecule has 34 heavy (non-hydrogen) atoms. The molecule has 0 aliphatic heterocycles. The maximum atomic E-state index is 13.5. The molecule has 3 N–H and O–H groups in total. The van der Waals surface area contributed by atoms with Gasteiger partial charge in [-0.2, -0.15) is 5.26 Å². The first-order chi connectivity index (χ1) is 16.5. The first-order valence-electron chi connectivity index (χ1n) is 12.5. The van der Waals surface area contributed by atoms with Crippen LogP contribution in [0.3, 0.4) is 0 Å². The third kappa shape index (κ3) is 5.84. The quantitative estimate of drug-likeness (QED) is 0.637. The molecular weight excluding hydrogens is 424 g/mol. The molecule has 2 saturated carbocycles. The summed E-state index contributed by atoms with van der Waals surface area (Å²) in [5.41, 5.74) is 9.34. The number of carbonyl (C=O) groups is 2. The summed E-state index contributed by atoms with van der Waals surface area (Å²) in [4.78, 5) is 28.0. The van der Waals surface area contributed by atoms with E-state index in [4.69, 9.17) is 11.0 Å². The third-order valence-electron chi connectivity index (χ3n) is 7.25. The molecule has 4 rings (SSSR count). The highest BCUT2D eigenvalue weighted by atomic mass is 16.2. The van der Waals surface area contributed by atoms with E-state index in [0.717, 1.165) is 62.6 Å². The highest BCUT2D eigenvalue weighted by Crippen LogP contribution is 2.27. The number of nitrogens with two attached hydrogens (primary N) is 1. The normalized spacial score (nSPS) is 20.8. The zero-order chi connectivity index (χ0) is 23.9. The van der Waals surface area contributed by atoms with Crippen LogP contribution in [0, 0.1) is 17.2 Å². The smallest absolute Gasteiger partial charge is 0.254 e. The molecule has 178 valence electrons. The van der Waals surface area contributed by atoms with Crippen LogP contribution in [-0.4, -0.2) is 28.8 Å². The Balaban J connectivity index is 1.48. The van der Waals surface area contributed by atoms with Gasteiger partial charge in [0, 0.05) is 35.8 Å². The number of nitrogens with zero attached hydrogens (tertiary/aromatic N) is 2. The SMILES string of the molecule is N#Cc1ccc(C(=O)N(Cc2ccc(NC(=O)C3CCCCC3)cc2)C2CCCCC2N)cc1. The van der Waals surface area contributed by atoms with Crippen molar-refractivity contribution in [3.8, 4) is 6.07 Å². The summed E-state index contributed by atoms with van der Waals surface area (Å²) in [6.45, 7) is 0.452. The van der Waals surface area contributed by atoms with Gasteiger partial charge in [0.15, 0.2) is 0 Å². The monoisotopic (exact) mass is 458 g/mol. The number of amides is 2. The van der Waals surface area contributed by atoms with Gasteiger partial charge in [0.25, 0.3) is 5.91 Å². The average Bonchev–Trinajstić information content (AvgIpc) is 2.89. The van der Waals surface area contributed by atoms with Gasteiger partial charge in [-0.15, -0.1) is 0 Å². The van der Waals surface area contributed by atoms with Crippen molar-refractivity contribution in [1.29, 1.82) is 5.26 Å². The van der Waals surface area contributed by atoms with Crippen molar-refractivity contribution in [3.05, 3.63) is 65.2 Å². The highest BCUT2D eigenvalue weighted by molar-refractivity contribution is 5.95. The molecule has 2 aromatic rings. The molecule has 2 aromatic carbocycles. The Labute approximate surface area is 202 Å². The summed E-state index contributed by atoms with van der Waals surface area (Å²) in [6.07, 6.45) is 9.36. The summed E-state index contributed by atoms with van der Waals surface area (Å²) < 4.78 is 0. The maximum Gasteiger partial charge on any atom is 0.254 e. The lowest BCUT2D eigenvalue weighted by atomic mass is 9.88. The Hall–Kier alpha value is -3.17. The molecule has 6 heteroatoms. The van der Waals surface area contributed by atoms with Gasteiger partial charge in [-0.25, -0.2) is 0 Å². The minimum Gasteiger partial charge on any atom is -0.330 e. The number of nitrogens with one attached hydrogen (secondary N) is 1. The maximum absolute atomic E-state index is 13.5. The third-order valence-corrected chi connectivity index (χ3v) is 7.25. The van der Waals surface area contributed by atoms with E-state index in [2.05, 4.69) is 11.4 Å².